The van der Waals surface area contributed by atoms with E-state index in [1.165, 1.54) is 17.8 Å². The van der Waals surface area contributed by atoms with Crippen molar-refractivity contribution in [3.05, 3.63) is 43.0 Å². The Kier molecular flexibility index (Phi) is 7.46. The van der Waals surface area contributed by atoms with Crippen LogP contribution in [0, 0.1) is 0 Å². The zero-order valence-corrected chi connectivity index (χ0v) is 11.8. The largest absolute Gasteiger partial charge is 0.480 e. The molecule has 0 heterocycles. The maximum absolute atomic E-state index is 11.7. The lowest BCUT2D eigenvalue weighted by Crippen LogP contribution is -2.44. The van der Waals surface area contributed by atoms with Crippen molar-refractivity contribution >= 4 is 23.6 Å². The highest BCUT2D eigenvalue weighted by atomic mass is 32.2. The molecule has 0 radical (unpaired) electrons. The number of ether oxygens (including phenoxy) is 1. The fraction of sp³-hybridized carbons (Fsp3) is 0.286. The summed E-state index contributed by atoms with van der Waals surface area (Å²) in [5.41, 5.74) is 0. The van der Waals surface area contributed by atoms with Crippen molar-refractivity contribution in [2.75, 3.05) is 19.0 Å². The number of carboxylic acids is 1. The predicted molar refractivity (Wildman–Crippen MR) is 77.7 cm³/mol. The van der Waals surface area contributed by atoms with E-state index in [0.29, 0.717) is 0 Å². The fourth-order valence-electron chi connectivity index (χ4n) is 1.35. The van der Waals surface area contributed by atoms with Crippen molar-refractivity contribution in [1.82, 2.24) is 5.32 Å². The van der Waals surface area contributed by atoms with Gasteiger partial charge in [0.1, 0.15) is 0 Å². The zero-order valence-electron chi connectivity index (χ0n) is 11.0. The van der Waals surface area contributed by atoms with Gasteiger partial charge >= 0.3 is 5.97 Å². The molecule has 1 aromatic carbocycles. The van der Waals surface area contributed by atoms with Crippen molar-refractivity contribution in [2.24, 2.45) is 0 Å². The van der Waals surface area contributed by atoms with Gasteiger partial charge in [-0.3, -0.25) is 4.79 Å². The van der Waals surface area contributed by atoms with Gasteiger partial charge in [0.2, 0.25) is 5.91 Å². The first-order valence-corrected chi connectivity index (χ1v) is 7.00. The smallest absolute Gasteiger partial charge is 0.328 e. The zero-order chi connectivity index (χ0) is 14.8. The highest BCUT2D eigenvalue weighted by Gasteiger charge is 2.19. The van der Waals surface area contributed by atoms with Crippen LogP contribution in [-0.2, 0) is 14.3 Å². The lowest BCUT2D eigenvalue weighted by Gasteiger charge is -2.14. The molecule has 0 aliphatic heterocycles. The van der Waals surface area contributed by atoms with Gasteiger partial charge < -0.3 is 15.2 Å². The van der Waals surface area contributed by atoms with Crippen molar-refractivity contribution < 1.29 is 19.4 Å². The van der Waals surface area contributed by atoms with Gasteiger partial charge in [-0.05, 0) is 12.1 Å². The first-order chi connectivity index (χ1) is 9.63. The molecular weight excluding hydrogens is 278 g/mol. The Morgan fingerprint density at radius 1 is 1.40 bits per heavy atom. The van der Waals surface area contributed by atoms with Gasteiger partial charge in [-0.2, -0.15) is 0 Å². The molecule has 6 heteroatoms. The number of hydrogen-bond donors (Lipinski definition) is 2. The summed E-state index contributed by atoms with van der Waals surface area (Å²) in [6.45, 7) is 3.63. The minimum atomic E-state index is -1.12. The number of benzene rings is 1. The van der Waals surface area contributed by atoms with Crippen LogP contribution in [0.2, 0.25) is 0 Å². The highest BCUT2D eigenvalue weighted by Crippen LogP contribution is 2.16. The Balaban J connectivity index is 2.37. The van der Waals surface area contributed by atoms with Crippen molar-refractivity contribution in [1.29, 1.82) is 0 Å². The molecule has 0 fully saturated rings. The van der Waals surface area contributed by atoms with Gasteiger partial charge in [0.25, 0.3) is 0 Å². The molecule has 2 N–H and O–H groups in total. The van der Waals surface area contributed by atoms with Gasteiger partial charge in [-0.25, -0.2) is 4.79 Å². The Morgan fingerprint density at radius 3 is 2.70 bits per heavy atom. The minimum absolute atomic E-state index is 0.0803. The average Bonchev–Trinajstić information content (AvgIpc) is 2.45. The molecule has 20 heavy (non-hydrogen) atoms. The van der Waals surface area contributed by atoms with Crippen LogP contribution in [0.1, 0.15) is 0 Å². The molecule has 0 spiro atoms. The summed E-state index contributed by atoms with van der Waals surface area (Å²) in [6.07, 6.45) is 1.52. The molecule has 0 aliphatic carbocycles. The second-order valence-corrected chi connectivity index (χ2v) is 4.93. The van der Waals surface area contributed by atoms with E-state index in [1.807, 2.05) is 30.3 Å². The molecule has 5 nitrogen and oxygen atoms in total. The van der Waals surface area contributed by atoms with E-state index in [-0.39, 0.29) is 24.9 Å². The van der Waals surface area contributed by atoms with Crippen LogP contribution in [0.5, 0.6) is 0 Å². The summed E-state index contributed by atoms with van der Waals surface area (Å²) in [6, 6.07) is 8.38. The van der Waals surface area contributed by atoms with E-state index in [1.54, 1.807) is 0 Å². The van der Waals surface area contributed by atoms with E-state index in [9.17, 15) is 9.59 Å². The van der Waals surface area contributed by atoms with Crippen LogP contribution < -0.4 is 5.32 Å². The molecule has 0 aliphatic rings. The number of thioether (sulfide) groups is 1. The molecule has 0 bridgehead atoms. The number of hydrogen-bond acceptors (Lipinski definition) is 4. The average molecular weight is 295 g/mol. The molecule has 0 aromatic heterocycles. The number of carbonyl (C=O) groups is 2. The molecule has 0 saturated carbocycles. The monoisotopic (exact) mass is 295 g/mol. The van der Waals surface area contributed by atoms with Crippen molar-refractivity contribution in [2.45, 2.75) is 10.9 Å². The number of carbonyl (C=O) groups excluding carboxylic acids is 1. The van der Waals surface area contributed by atoms with Crippen LogP contribution in [-0.4, -0.2) is 42.0 Å². The molecule has 108 valence electrons. The van der Waals surface area contributed by atoms with Crippen molar-refractivity contribution in [3.8, 4) is 0 Å². The SMILES string of the molecule is C=CCOCC(NC(=O)CSc1ccccc1)C(=O)O. The van der Waals surface area contributed by atoms with E-state index >= 15 is 0 Å². The highest BCUT2D eigenvalue weighted by molar-refractivity contribution is 8.00. The topological polar surface area (TPSA) is 75.6 Å². The number of carboxylic acid groups (broad SMARTS) is 1. The summed E-state index contributed by atoms with van der Waals surface area (Å²) in [5, 5.41) is 11.4. The first-order valence-electron chi connectivity index (χ1n) is 6.02. The normalized spacial score (nSPS) is 11.6. The van der Waals surface area contributed by atoms with Crippen molar-refractivity contribution in [3.63, 3.8) is 0 Å². The summed E-state index contributed by atoms with van der Waals surface area (Å²) in [5.74, 6) is -1.30. The van der Waals surface area contributed by atoms with E-state index < -0.39 is 12.0 Å². The second kappa shape index (κ2) is 9.17. The summed E-state index contributed by atoms with van der Waals surface area (Å²) in [4.78, 5) is 23.6. The Hall–Kier alpha value is -1.79. The van der Waals surface area contributed by atoms with Crippen LogP contribution in [0.15, 0.2) is 47.9 Å². The summed E-state index contributed by atoms with van der Waals surface area (Å²) >= 11 is 1.35. The number of amides is 1. The summed E-state index contributed by atoms with van der Waals surface area (Å²) in [7, 11) is 0. The second-order valence-electron chi connectivity index (χ2n) is 3.89. The van der Waals surface area contributed by atoms with Crippen LogP contribution in [0.25, 0.3) is 0 Å². The number of aliphatic carboxylic acids is 1. The van der Waals surface area contributed by atoms with E-state index in [2.05, 4.69) is 11.9 Å². The van der Waals surface area contributed by atoms with Crippen LogP contribution in [0.3, 0.4) is 0 Å². The fourth-order valence-corrected chi connectivity index (χ4v) is 2.08. The van der Waals surface area contributed by atoms with Gasteiger partial charge in [-0.1, -0.05) is 24.3 Å². The lowest BCUT2D eigenvalue weighted by atomic mass is 10.3. The lowest BCUT2D eigenvalue weighted by molar-refractivity contribution is -0.143. The third-order valence-electron chi connectivity index (χ3n) is 2.27. The molecule has 0 saturated heterocycles. The molecule has 1 unspecified atom stereocenters. The maximum atomic E-state index is 11.7. The maximum Gasteiger partial charge on any atom is 0.328 e. The summed E-state index contributed by atoms with van der Waals surface area (Å²) < 4.78 is 5.05. The number of nitrogens with one attached hydrogen (secondary N) is 1. The quantitative estimate of drug-likeness (QED) is 0.411. The standard InChI is InChI=1S/C14H17NO4S/c1-2-8-19-9-12(14(17)18)15-13(16)10-20-11-6-4-3-5-7-11/h2-7,12H,1,8-10H2,(H,15,16)(H,17,18). The third kappa shape index (κ3) is 6.40. The Bertz CT molecular complexity index is 450. The van der Waals surface area contributed by atoms with Crippen LogP contribution >= 0.6 is 11.8 Å². The molecule has 1 atom stereocenters. The van der Waals surface area contributed by atoms with Gasteiger partial charge in [0, 0.05) is 4.90 Å². The van der Waals surface area contributed by atoms with Gasteiger partial charge in [0.05, 0.1) is 19.0 Å². The first kappa shape index (κ1) is 16.3. The molecule has 1 amide bonds. The molecule has 1 aromatic rings. The van der Waals surface area contributed by atoms with Crippen LogP contribution in [0.4, 0.5) is 0 Å². The Morgan fingerprint density at radius 2 is 2.10 bits per heavy atom. The number of rotatable bonds is 9. The Labute approximate surface area is 122 Å². The predicted octanol–water partition coefficient (Wildman–Crippen LogP) is 1.55. The van der Waals surface area contributed by atoms with Gasteiger partial charge in [0.15, 0.2) is 6.04 Å². The third-order valence-corrected chi connectivity index (χ3v) is 3.28. The van der Waals surface area contributed by atoms with E-state index in [0.717, 1.165) is 4.90 Å². The minimum Gasteiger partial charge on any atom is -0.480 e. The van der Waals surface area contributed by atoms with Gasteiger partial charge in [-0.15, -0.1) is 18.3 Å². The molecular formula is C14H17NO4S. The van der Waals surface area contributed by atoms with E-state index in [4.69, 9.17) is 9.84 Å². The molecule has 1 rings (SSSR count).